The lowest BCUT2D eigenvalue weighted by molar-refractivity contribution is 0.549. The SMILES string of the molecule is CCC(NS(=O)(=O)c1cc(CNC)sc1Br)c1nccs1. The van der Waals surface area contributed by atoms with E-state index >= 15 is 0 Å². The monoisotopic (exact) mass is 409 g/mol. The van der Waals surface area contributed by atoms with Crippen LogP contribution in [-0.2, 0) is 16.6 Å². The Bertz CT molecular complexity index is 683. The minimum atomic E-state index is -3.57. The summed E-state index contributed by atoms with van der Waals surface area (Å²) in [7, 11) is -1.74. The quantitative estimate of drug-likeness (QED) is 0.736. The highest BCUT2D eigenvalue weighted by atomic mass is 79.9. The van der Waals surface area contributed by atoms with E-state index in [2.05, 4.69) is 31.0 Å². The van der Waals surface area contributed by atoms with Gasteiger partial charge in [-0.2, -0.15) is 0 Å². The molecule has 0 amide bonds. The van der Waals surface area contributed by atoms with Crippen LogP contribution in [0.5, 0.6) is 0 Å². The molecule has 5 nitrogen and oxygen atoms in total. The fourth-order valence-electron chi connectivity index (χ4n) is 1.81. The van der Waals surface area contributed by atoms with Crippen molar-refractivity contribution >= 4 is 48.6 Å². The molecule has 2 rings (SSSR count). The van der Waals surface area contributed by atoms with Crippen LogP contribution >= 0.6 is 38.6 Å². The van der Waals surface area contributed by atoms with E-state index in [9.17, 15) is 8.42 Å². The lowest BCUT2D eigenvalue weighted by Gasteiger charge is -2.14. The minimum Gasteiger partial charge on any atom is -0.315 e. The molecule has 0 aliphatic heterocycles. The third kappa shape index (κ3) is 4.11. The Labute approximate surface area is 141 Å². The van der Waals surface area contributed by atoms with Crippen molar-refractivity contribution in [1.82, 2.24) is 15.0 Å². The Morgan fingerprint density at radius 3 is 2.81 bits per heavy atom. The fourth-order valence-corrected chi connectivity index (χ4v) is 6.63. The molecule has 2 aromatic rings. The van der Waals surface area contributed by atoms with Crippen LogP contribution in [0.4, 0.5) is 0 Å². The maximum absolute atomic E-state index is 12.6. The Kier molecular flexibility index (Phi) is 5.92. The second-order valence-electron chi connectivity index (χ2n) is 4.33. The van der Waals surface area contributed by atoms with Gasteiger partial charge in [-0.3, -0.25) is 0 Å². The van der Waals surface area contributed by atoms with Crippen LogP contribution < -0.4 is 10.0 Å². The summed E-state index contributed by atoms with van der Waals surface area (Å²) >= 11 is 6.21. The lowest BCUT2D eigenvalue weighted by atomic mass is 10.3. The first kappa shape index (κ1) is 17.0. The molecule has 0 saturated heterocycles. The molecule has 0 fully saturated rings. The van der Waals surface area contributed by atoms with Gasteiger partial charge in [0.05, 0.1) is 9.83 Å². The van der Waals surface area contributed by atoms with Crippen LogP contribution in [0.25, 0.3) is 0 Å². The van der Waals surface area contributed by atoms with Crippen molar-refractivity contribution < 1.29 is 8.42 Å². The van der Waals surface area contributed by atoms with Gasteiger partial charge < -0.3 is 5.32 Å². The van der Waals surface area contributed by atoms with E-state index < -0.39 is 10.0 Å². The molecule has 21 heavy (non-hydrogen) atoms. The summed E-state index contributed by atoms with van der Waals surface area (Å²) in [5, 5.41) is 5.64. The van der Waals surface area contributed by atoms with E-state index in [4.69, 9.17) is 0 Å². The van der Waals surface area contributed by atoms with Gasteiger partial charge in [0.1, 0.15) is 9.90 Å². The molecule has 0 saturated carbocycles. The second kappa shape index (κ2) is 7.30. The van der Waals surface area contributed by atoms with Crippen molar-refractivity contribution in [1.29, 1.82) is 0 Å². The zero-order valence-corrected chi connectivity index (χ0v) is 15.6. The van der Waals surface area contributed by atoms with Crippen molar-refractivity contribution in [2.75, 3.05) is 7.05 Å². The minimum absolute atomic E-state index is 0.285. The van der Waals surface area contributed by atoms with Crippen LogP contribution in [0.15, 0.2) is 26.3 Å². The number of hydrogen-bond donors (Lipinski definition) is 2. The molecule has 1 atom stereocenters. The smallest absolute Gasteiger partial charge is 0.243 e. The third-order valence-corrected chi connectivity index (χ3v) is 7.42. The number of thiazole rings is 1. The highest BCUT2D eigenvalue weighted by Gasteiger charge is 2.25. The standard InChI is InChI=1S/C12H16BrN3O2S3/c1-3-9(12-15-4-5-19-12)16-21(17,18)10-6-8(7-14-2)20-11(10)13/h4-6,9,14,16H,3,7H2,1-2H3. The van der Waals surface area contributed by atoms with Crippen LogP contribution in [0, 0.1) is 0 Å². The average molecular weight is 410 g/mol. The first-order valence-electron chi connectivity index (χ1n) is 6.32. The molecule has 0 radical (unpaired) electrons. The summed E-state index contributed by atoms with van der Waals surface area (Å²) < 4.78 is 28.5. The van der Waals surface area contributed by atoms with Gasteiger partial charge in [0, 0.05) is 23.0 Å². The molecular formula is C12H16BrN3O2S3. The first-order valence-corrected chi connectivity index (χ1v) is 10.3. The molecule has 9 heteroatoms. The molecule has 116 valence electrons. The van der Waals surface area contributed by atoms with Crippen molar-refractivity contribution in [3.05, 3.63) is 31.3 Å². The summed E-state index contributed by atoms with van der Waals surface area (Å²) in [5.74, 6) is 0. The molecule has 0 aliphatic rings. The summed E-state index contributed by atoms with van der Waals surface area (Å²) in [6.45, 7) is 2.58. The van der Waals surface area contributed by atoms with Gasteiger partial charge >= 0.3 is 0 Å². The largest absolute Gasteiger partial charge is 0.315 e. The number of thiophene rings is 1. The lowest BCUT2D eigenvalue weighted by Crippen LogP contribution is -2.28. The Morgan fingerprint density at radius 2 is 2.24 bits per heavy atom. The molecule has 1 unspecified atom stereocenters. The number of hydrogen-bond acceptors (Lipinski definition) is 6. The maximum Gasteiger partial charge on any atom is 0.243 e. The molecule has 2 heterocycles. The zero-order chi connectivity index (χ0) is 15.5. The second-order valence-corrected chi connectivity index (χ2v) is 9.40. The number of rotatable bonds is 7. The number of sulfonamides is 1. The number of aromatic nitrogens is 1. The third-order valence-electron chi connectivity index (χ3n) is 2.80. The fraction of sp³-hybridized carbons (Fsp3) is 0.417. The number of halogens is 1. The van der Waals surface area contributed by atoms with Gasteiger partial charge in [-0.25, -0.2) is 18.1 Å². The predicted molar refractivity (Wildman–Crippen MR) is 90.3 cm³/mol. The van der Waals surface area contributed by atoms with Crippen molar-refractivity contribution in [2.24, 2.45) is 0 Å². The van der Waals surface area contributed by atoms with Gasteiger partial charge in [-0.1, -0.05) is 6.92 Å². The van der Waals surface area contributed by atoms with Crippen LogP contribution in [0.2, 0.25) is 0 Å². The molecule has 0 aromatic carbocycles. The number of nitrogens with one attached hydrogen (secondary N) is 2. The Morgan fingerprint density at radius 1 is 1.48 bits per heavy atom. The molecule has 0 aliphatic carbocycles. The van der Waals surface area contributed by atoms with E-state index in [0.29, 0.717) is 16.8 Å². The van der Waals surface area contributed by atoms with E-state index in [1.165, 1.54) is 22.7 Å². The van der Waals surface area contributed by atoms with Gasteiger partial charge in [0.25, 0.3) is 0 Å². The molecule has 2 N–H and O–H groups in total. The zero-order valence-electron chi connectivity index (χ0n) is 11.6. The number of nitrogens with zero attached hydrogens (tertiary/aromatic N) is 1. The maximum atomic E-state index is 12.6. The molecule has 2 aromatic heterocycles. The van der Waals surface area contributed by atoms with Gasteiger partial charge in [-0.15, -0.1) is 22.7 Å². The average Bonchev–Trinajstić information content (AvgIpc) is 3.06. The van der Waals surface area contributed by atoms with E-state index in [0.717, 1.165) is 9.88 Å². The molecule has 0 bridgehead atoms. The summed E-state index contributed by atoms with van der Waals surface area (Å²) in [4.78, 5) is 5.44. The Hall–Kier alpha value is -0.320. The van der Waals surface area contributed by atoms with E-state index in [1.54, 1.807) is 12.3 Å². The van der Waals surface area contributed by atoms with Crippen LogP contribution in [-0.4, -0.2) is 20.4 Å². The van der Waals surface area contributed by atoms with Crippen molar-refractivity contribution in [2.45, 2.75) is 30.8 Å². The van der Waals surface area contributed by atoms with Crippen LogP contribution in [0.3, 0.4) is 0 Å². The van der Waals surface area contributed by atoms with Crippen molar-refractivity contribution in [3.63, 3.8) is 0 Å². The van der Waals surface area contributed by atoms with Gasteiger partial charge in [-0.05, 0) is 35.5 Å². The highest BCUT2D eigenvalue weighted by Crippen LogP contribution is 2.33. The Balaban J connectivity index is 2.25. The summed E-state index contributed by atoms with van der Waals surface area (Å²) in [6.07, 6.45) is 2.33. The van der Waals surface area contributed by atoms with Gasteiger partial charge in [0.2, 0.25) is 10.0 Å². The molecule has 0 spiro atoms. The van der Waals surface area contributed by atoms with E-state index in [-0.39, 0.29) is 10.9 Å². The van der Waals surface area contributed by atoms with Crippen LogP contribution in [0.1, 0.15) is 29.3 Å². The van der Waals surface area contributed by atoms with Gasteiger partial charge in [0.15, 0.2) is 0 Å². The normalized spacial score (nSPS) is 13.5. The van der Waals surface area contributed by atoms with Crippen molar-refractivity contribution in [3.8, 4) is 0 Å². The summed E-state index contributed by atoms with van der Waals surface area (Å²) in [5.41, 5.74) is 0. The highest BCUT2D eigenvalue weighted by molar-refractivity contribution is 9.11. The van der Waals surface area contributed by atoms with E-state index in [1.807, 2.05) is 19.4 Å². The first-order chi connectivity index (χ1) is 9.97. The topological polar surface area (TPSA) is 71.1 Å². The summed E-state index contributed by atoms with van der Waals surface area (Å²) in [6, 6.07) is 1.40. The molecular weight excluding hydrogens is 394 g/mol. The predicted octanol–water partition coefficient (Wildman–Crippen LogP) is 3.12.